The van der Waals surface area contributed by atoms with Crippen molar-refractivity contribution in [3.05, 3.63) is 59.4 Å². The number of hydrogen-bond acceptors (Lipinski definition) is 4. The topological polar surface area (TPSA) is 84.5 Å². The first-order chi connectivity index (χ1) is 13.3. The number of nitrogens with one attached hydrogen (secondary N) is 2. The van der Waals surface area contributed by atoms with Gasteiger partial charge in [-0.2, -0.15) is 0 Å². The van der Waals surface area contributed by atoms with E-state index in [2.05, 4.69) is 30.8 Å². The molecule has 0 aromatic heterocycles. The minimum Gasteiger partial charge on any atom is -0.481 e. The van der Waals surface area contributed by atoms with Gasteiger partial charge in [-0.05, 0) is 47.7 Å². The third kappa shape index (κ3) is 7.05. The first-order valence-electron chi connectivity index (χ1n) is 9.16. The lowest BCUT2D eigenvalue weighted by molar-refractivity contribution is -0.127. The van der Waals surface area contributed by atoms with Crippen LogP contribution in [0.4, 0.5) is 10.1 Å². The van der Waals surface area contributed by atoms with Crippen LogP contribution < -0.4 is 14.8 Å². The first-order valence-corrected chi connectivity index (χ1v) is 11.1. The maximum absolute atomic E-state index is 14.0. The van der Waals surface area contributed by atoms with Crippen LogP contribution in [0.5, 0.6) is 5.75 Å². The van der Waals surface area contributed by atoms with E-state index in [1.54, 1.807) is 6.92 Å². The van der Waals surface area contributed by atoms with Crippen molar-refractivity contribution in [3.8, 4) is 5.75 Å². The summed E-state index contributed by atoms with van der Waals surface area (Å²) >= 11 is 0. The van der Waals surface area contributed by atoms with E-state index in [4.69, 9.17) is 4.74 Å². The summed E-state index contributed by atoms with van der Waals surface area (Å²) in [6.07, 6.45) is 0.213. The minimum absolute atomic E-state index is 0.0309. The SMILES string of the molecule is CC(Oc1ccc(C(C)(C)C)cc1)C(=O)NCc1ccc(NS(C)(=O)=O)c(F)c1. The van der Waals surface area contributed by atoms with Gasteiger partial charge in [0.2, 0.25) is 10.0 Å². The molecule has 1 amide bonds. The Kier molecular flexibility index (Phi) is 6.89. The summed E-state index contributed by atoms with van der Waals surface area (Å²) < 4.78 is 44.2. The van der Waals surface area contributed by atoms with Gasteiger partial charge in [0, 0.05) is 6.54 Å². The Morgan fingerprint density at radius 2 is 1.76 bits per heavy atom. The van der Waals surface area contributed by atoms with E-state index in [9.17, 15) is 17.6 Å². The minimum atomic E-state index is -3.57. The molecule has 1 unspecified atom stereocenters. The van der Waals surface area contributed by atoms with Crippen molar-refractivity contribution in [1.82, 2.24) is 5.32 Å². The summed E-state index contributed by atoms with van der Waals surface area (Å²) in [7, 11) is -3.57. The molecular weight excluding hydrogens is 395 g/mol. The van der Waals surface area contributed by atoms with Gasteiger partial charge in [-0.3, -0.25) is 9.52 Å². The fourth-order valence-electron chi connectivity index (χ4n) is 2.58. The zero-order valence-electron chi connectivity index (χ0n) is 17.2. The third-order valence-electron chi connectivity index (χ3n) is 4.20. The Morgan fingerprint density at radius 3 is 2.28 bits per heavy atom. The lowest BCUT2D eigenvalue weighted by atomic mass is 9.87. The van der Waals surface area contributed by atoms with Gasteiger partial charge in [-0.25, -0.2) is 12.8 Å². The predicted octanol–water partition coefficient (Wildman–Crippen LogP) is 3.58. The van der Waals surface area contributed by atoms with Crippen LogP contribution in [0.15, 0.2) is 42.5 Å². The van der Waals surface area contributed by atoms with Crippen molar-refractivity contribution in [2.45, 2.75) is 45.8 Å². The highest BCUT2D eigenvalue weighted by molar-refractivity contribution is 7.92. The van der Waals surface area contributed by atoms with Crippen LogP contribution in [-0.4, -0.2) is 26.7 Å². The average molecular weight is 423 g/mol. The van der Waals surface area contributed by atoms with E-state index < -0.39 is 21.9 Å². The number of sulfonamides is 1. The molecule has 2 N–H and O–H groups in total. The Hall–Kier alpha value is -2.61. The van der Waals surface area contributed by atoms with E-state index in [1.807, 2.05) is 24.3 Å². The van der Waals surface area contributed by atoms with Gasteiger partial charge in [0.15, 0.2) is 6.10 Å². The Morgan fingerprint density at radius 1 is 1.14 bits per heavy atom. The van der Waals surface area contributed by atoms with E-state index in [0.717, 1.165) is 11.8 Å². The van der Waals surface area contributed by atoms with Gasteiger partial charge >= 0.3 is 0 Å². The molecule has 6 nitrogen and oxygen atoms in total. The van der Waals surface area contributed by atoms with E-state index >= 15 is 0 Å². The number of carbonyl (C=O) groups excluding carboxylic acids is 1. The second-order valence-corrected chi connectivity index (χ2v) is 9.69. The summed E-state index contributed by atoms with van der Waals surface area (Å²) in [5, 5.41) is 2.68. The molecule has 0 bridgehead atoms. The summed E-state index contributed by atoms with van der Waals surface area (Å²) in [4.78, 5) is 12.3. The van der Waals surface area contributed by atoms with Gasteiger partial charge in [0.25, 0.3) is 5.91 Å². The molecule has 0 heterocycles. The molecule has 0 fully saturated rings. The van der Waals surface area contributed by atoms with Crippen molar-refractivity contribution < 1.29 is 22.3 Å². The van der Waals surface area contributed by atoms with Crippen LogP contribution >= 0.6 is 0 Å². The van der Waals surface area contributed by atoms with Crippen molar-refractivity contribution in [2.24, 2.45) is 0 Å². The number of hydrogen-bond donors (Lipinski definition) is 2. The number of halogens is 1. The zero-order chi connectivity index (χ0) is 21.8. The zero-order valence-corrected chi connectivity index (χ0v) is 18.1. The van der Waals surface area contributed by atoms with Crippen LogP contribution in [0.1, 0.15) is 38.8 Å². The largest absolute Gasteiger partial charge is 0.481 e. The number of anilines is 1. The quantitative estimate of drug-likeness (QED) is 0.714. The number of ether oxygens (including phenoxy) is 1. The Balaban J connectivity index is 1.92. The van der Waals surface area contributed by atoms with Gasteiger partial charge in [-0.1, -0.05) is 39.0 Å². The van der Waals surface area contributed by atoms with Crippen molar-refractivity contribution >= 4 is 21.6 Å². The van der Waals surface area contributed by atoms with Crippen LogP contribution in [0.3, 0.4) is 0 Å². The number of rotatable bonds is 7. The van der Waals surface area contributed by atoms with Gasteiger partial charge in [0.05, 0.1) is 11.9 Å². The molecule has 0 aliphatic rings. The molecule has 2 rings (SSSR count). The summed E-state index contributed by atoms with van der Waals surface area (Å²) in [6, 6.07) is 11.6. The molecular formula is C21H27FN2O4S. The molecule has 29 heavy (non-hydrogen) atoms. The van der Waals surface area contributed by atoms with E-state index in [-0.39, 0.29) is 23.6 Å². The van der Waals surface area contributed by atoms with E-state index in [1.165, 1.54) is 18.2 Å². The van der Waals surface area contributed by atoms with Gasteiger partial charge in [-0.15, -0.1) is 0 Å². The molecule has 0 saturated carbocycles. The highest BCUT2D eigenvalue weighted by atomic mass is 32.2. The molecule has 158 valence electrons. The Labute approximate surface area is 171 Å². The fraction of sp³-hybridized carbons (Fsp3) is 0.381. The summed E-state index contributed by atoms with van der Waals surface area (Å²) in [6.45, 7) is 8.07. The first kappa shape index (κ1) is 22.7. The second-order valence-electron chi connectivity index (χ2n) is 7.94. The van der Waals surface area contributed by atoms with Gasteiger partial charge in [0.1, 0.15) is 11.6 Å². The average Bonchev–Trinajstić information content (AvgIpc) is 2.60. The normalized spacial score (nSPS) is 12.9. The third-order valence-corrected chi connectivity index (χ3v) is 4.79. The molecule has 1 atom stereocenters. The number of carbonyl (C=O) groups is 1. The molecule has 0 radical (unpaired) electrons. The molecule has 2 aromatic carbocycles. The van der Waals surface area contributed by atoms with Crippen LogP contribution in [0.25, 0.3) is 0 Å². The van der Waals surface area contributed by atoms with Crippen molar-refractivity contribution in [3.63, 3.8) is 0 Å². The monoisotopic (exact) mass is 422 g/mol. The van der Waals surface area contributed by atoms with Crippen LogP contribution in [0.2, 0.25) is 0 Å². The molecule has 0 spiro atoms. The summed E-state index contributed by atoms with van der Waals surface area (Å²) in [5.41, 5.74) is 1.55. The fourth-order valence-corrected chi connectivity index (χ4v) is 3.14. The number of benzene rings is 2. The Bertz CT molecular complexity index is 967. The van der Waals surface area contributed by atoms with Crippen molar-refractivity contribution in [1.29, 1.82) is 0 Å². The maximum Gasteiger partial charge on any atom is 0.261 e. The lowest BCUT2D eigenvalue weighted by Gasteiger charge is -2.20. The smallest absolute Gasteiger partial charge is 0.261 e. The number of amides is 1. The predicted molar refractivity (Wildman–Crippen MR) is 112 cm³/mol. The molecule has 8 heteroatoms. The molecule has 0 aliphatic carbocycles. The highest BCUT2D eigenvalue weighted by Gasteiger charge is 2.17. The second kappa shape index (κ2) is 8.82. The lowest BCUT2D eigenvalue weighted by Crippen LogP contribution is -2.35. The molecule has 0 saturated heterocycles. The van der Waals surface area contributed by atoms with E-state index in [0.29, 0.717) is 11.3 Å². The molecule has 0 aliphatic heterocycles. The maximum atomic E-state index is 14.0. The van der Waals surface area contributed by atoms with Crippen LogP contribution in [-0.2, 0) is 26.8 Å². The highest BCUT2D eigenvalue weighted by Crippen LogP contribution is 2.24. The standard InChI is InChI=1S/C21H27FN2O4S/c1-14(28-17-9-7-16(8-10-17)21(2,3)4)20(25)23-13-15-6-11-19(18(22)12-15)24-29(5,26)27/h6-12,14,24H,13H2,1-5H3,(H,23,25). The van der Waals surface area contributed by atoms with Crippen LogP contribution in [0, 0.1) is 5.82 Å². The van der Waals surface area contributed by atoms with Gasteiger partial charge < -0.3 is 10.1 Å². The molecule has 2 aromatic rings. The summed E-state index contributed by atoms with van der Waals surface area (Å²) in [5.74, 6) is -0.475. The van der Waals surface area contributed by atoms with Crippen molar-refractivity contribution in [2.75, 3.05) is 11.0 Å².